The fourth-order valence-corrected chi connectivity index (χ4v) is 3.27. The maximum Gasteiger partial charge on any atom is 0.269 e. The molecule has 3 N–H and O–H groups in total. The van der Waals surface area contributed by atoms with Gasteiger partial charge in [-0.15, -0.1) is 0 Å². The van der Waals surface area contributed by atoms with Gasteiger partial charge in [-0.3, -0.25) is 9.89 Å². The summed E-state index contributed by atoms with van der Waals surface area (Å²) in [5.41, 5.74) is 1.74. The summed E-state index contributed by atoms with van der Waals surface area (Å²) in [6.45, 7) is 2.09. The Morgan fingerprint density at radius 2 is 2.33 bits per heavy atom. The van der Waals surface area contributed by atoms with Crippen LogP contribution in [0.15, 0.2) is 30.3 Å². The standard InChI is InChI=1S/C18H23N3O3/c1-18(11-22)8-4-7-16(18)19-17(23)15-10-14(20-21-15)12-5-3-6-13(9-12)24-2/h3,5-6,9-10,16,22H,4,7-8,11H2,1-2H3,(H,19,23)(H,20,21). The van der Waals surface area contributed by atoms with E-state index in [0.29, 0.717) is 11.4 Å². The van der Waals surface area contributed by atoms with Gasteiger partial charge in [-0.05, 0) is 31.0 Å². The van der Waals surface area contributed by atoms with Crippen molar-refractivity contribution in [3.8, 4) is 17.0 Å². The van der Waals surface area contributed by atoms with E-state index in [0.717, 1.165) is 30.6 Å². The van der Waals surface area contributed by atoms with Crippen LogP contribution < -0.4 is 10.1 Å². The van der Waals surface area contributed by atoms with Gasteiger partial charge in [0.15, 0.2) is 0 Å². The Hall–Kier alpha value is -2.34. The van der Waals surface area contributed by atoms with E-state index in [2.05, 4.69) is 15.5 Å². The number of carbonyl (C=O) groups excluding carboxylic acids is 1. The van der Waals surface area contributed by atoms with Crippen LogP contribution in [0.3, 0.4) is 0 Å². The summed E-state index contributed by atoms with van der Waals surface area (Å²) in [6, 6.07) is 9.25. The van der Waals surface area contributed by atoms with Gasteiger partial charge in [-0.25, -0.2) is 0 Å². The van der Waals surface area contributed by atoms with E-state index in [4.69, 9.17) is 4.74 Å². The Balaban J connectivity index is 1.74. The van der Waals surface area contributed by atoms with E-state index in [1.165, 1.54) is 0 Å². The van der Waals surface area contributed by atoms with E-state index in [1.54, 1.807) is 13.2 Å². The minimum absolute atomic E-state index is 0.0152. The quantitative estimate of drug-likeness (QED) is 0.786. The van der Waals surface area contributed by atoms with Gasteiger partial charge in [0, 0.05) is 17.0 Å². The zero-order valence-corrected chi connectivity index (χ0v) is 14.0. The summed E-state index contributed by atoms with van der Waals surface area (Å²) in [5, 5.41) is 19.6. The second kappa shape index (κ2) is 6.65. The number of hydrogen-bond acceptors (Lipinski definition) is 4. The van der Waals surface area contributed by atoms with Crippen molar-refractivity contribution in [1.82, 2.24) is 15.5 Å². The molecule has 0 saturated heterocycles. The molecule has 3 rings (SSSR count). The van der Waals surface area contributed by atoms with Crippen LogP contribution in [0.4, 0.5) is 0 Å². The summed E-state index contributed by atoms with van der Waals surface area (Å²) in [6.07, 6.45) is 2.83. The Labute approximate surface area is 141 Å². The minimum atomic E-state index is -0.245. The number of carbonyl (C=O) groups is 1. The van der Waals surface area contributed by atoms with Gasteiger partial charge in [0.1, 0.15) is 11.4 Å². The topological polar surface area (TPSA) is 87.2 Å². The summed E-state index contributed by atoms with van der Waals surface area (Å²) in [5.74, 6) is 0.550. The molecule has 1 fully saturated rings. The number of nitrogens with one attached hydrogen (secondary N) is 2. The average Bonchev–Trinajstić information content (AvgIpc) is 3.23. The zero-order valence-electron chi connectivity index (χ0n) is 14.0. The molecule has 2 unspecified atom stereocenters. The molecular formula is C18H23N3O3. The molecule has 1 aromatic heterocycles. The molecule has 1 heterocycles. The first kappa shape index (κ1) is 16.5. The predicted octanol–water partition coefficient (Wildman–Crippen LogP) is 2.37. The third-order valence-corrected chi connectivity index (χ3v) is 4.94. The number of ether oxygens (including phenoxy) is 1. The molecule has 24 heavy (non-hydrogen) atoms. The normalized spacial score (nSPS) is 23.2. The summed E-state index contributed by atoms with van der Waals surface area (Å²) in [7, 11) is 1.61. The highest BCUT2D eigenvalue weighted by Crippen LogP contribution is 2.37. The van der Waals surface area contributed by atoms with Gasteiger partial charge < -0.3 is 15.2 Å². The van der Waals surface area contributed by atoms with Gasteiger partial charge >= 0.3 is 0 Å². The Bertz CT molecular complexity index is 728. The smallest absolute Gasteiger partial charge is 0.269 e. The Morgan fingerprint density at radius 1 is 1.50 bits per heavy atom. The highest BCUT2D eigenvalue weighted by atomic mass is 16.5. The van der Waals surface area contributed by atoms with Crippen molar-refractivity contribution in [3.63, 3.8) is 0 Å². The van der Waals surface area contributed by atoms with Crippen molar-refractivity contribution in [2.75, 3.05) is 13.7 Å². The number of aromatic amines is 1. The van der Waals surface area contributed by atoms with Crippen LogP contribution in [0.25, 0.3) is 11.3 Å². The van der Waals surface area contributed by atoms with E-state index < -0.39 is 0 Å². The molecule has 0 aliphatic heterocycles. The highest BCUT2D eigenvalue weighted by molar-refractivity contribution is 5.93. The molecule has 0 radical (unpaired) electrons. The zero-order chi connectivity index (χ0) is 17.2. The lowest BCUT2D eigenvalue weighted by atomic mass is 9.86. The SMILES string of the molecule is COc1cccc(-c2cc(C(=O)NC3CCCC3(C)CO)[nH]n2)c1. The van der Waals surface area contributed by atoms with Crippen LogP contribution in [-0.4, -0.2) is 41.0 Å². The van der Waals surface area contributed by atoms with Gasteiger partial charge in [-0.2, -0.15) is 5.10 Å². The summed E-state index contributed by atoms with van der Waals surface area (Å²) >= 11 is 0. The number of amides is 1. The maximum atomic E-state index is 12.5. The van der Waals surface area contributed by atoms with E-state index in [-0.39, 0.29) is 24.0 Å². The van der Waals surface area contributed by atoms with E-state index in [9.17, 15) is 9.90 Å². The molecule has 6 nitrogen and oxygen atoms in total. The maximum absolute atomic E-state index is 12.5. The van der Waals surface area contributed by atoms with Gasteiger partial charge in [0.25, 0.3) is 5.91 Å². The Kier molecular flexibility index (Phi) is 4.57. The van der Waals surface area contributed by atoms with Gasteiger partial charge in [0.2, 0.25) is 0 Å². The first-order valence-corrected chi connectivity index (χ1v) is 8.17. The highest BCUT2D eigenvalue weighted by Gasteiger charge is 2.39. The monoisotopic (exact) mass is 329 g/mol. The number of methoxy groups -OCH3 is 1. The number of H-pyrrole nitrogens is 1. The molecule has 2 aromatic rings. The molecule has 2 atom stereocenters. The number of hydrogen-bond donors (Lipinski definition) is 3. The number of benzene rings is 1. The number of aliphatic hydroxyl groups excluding tert-OH is 1. The van der Waals surface area contributed by atoms with Gasteiger partial charge in [0.05, 0.1) is 19.4 Å². The molecule has 1 aliphatic rings. The molecule has 1 amide bonds. The van der Waals surface area contributed by atoms with Gasteiger partial charge in [-0.1, -0.05) is 25.5 Å². The second-order valence-electron chi connectivity index (χ2n) is 6.63. The summed E-state index contributed by atoms with van der Waals surface area (Å²) < 4.78 is 5.21. The fourth-order valence-electron chi connectivity index (χ4n) is 3.27. The lowest BCUT2D eigenvalue weighted by Gasteiger charge is -2.29. The lowest BCUT2D eigenvalue weighted by molar-refractivity contribution is 0.0826. The van der Waals surface area contributed by atoms with Crippen LogP contribution in [0.2, 0.25) is 0 Å². The fraction of sp³-hybridized carbons (Fsp3) is 0.444. The largest absolute Gasteiger partial charge is 0.497 e. The van der Waals surface area contributed by atoms with Crippen molar-refractivity contribution in [2.24, 2.45) is 5.41 Å². The van der Waals surface area contributed by atoms with Crippen molar-refractivity contribution in [1.29, 1.82) is 0 Å². The minimum Gasteiger partial charge on any atom is -0.497 e. The third-order valence-electron chi connectivity index (χ3n) is 4.94. The Morgan fingerprint density at radius 3 is 3.08 bits per heavy atom. The lowest BCUT2D eigenvalue weighted by Crippen LogP contribution is -2.44. The molecule has 1 saturated carbocycles. The molecule has 6 heteroatoms. The van der Waals surface area contributed by atoms with Crippen LogP contribution in [-0.2, 0) is 0 Å². The molecular weight excluding hydrogens is 306 g/mol. The number of aliphatic hydroxyl groups is 1. The van der Waals surface area contributed by atoms with Crippen LogP contribution in [0, 0.1) is 5.41 Å². The number of rotatable bonds is 5. The molecule has 0 bridgehead atoms. The van der Waals surface area contributed by atoms with Crippen LogP contribution in [0.5, 0.6) is 5.75 Å². The first-order chi connectivity index (χ1) is 11.6. The van der Waals surface area contributed by atoms with Crippen molar-refractivity contribution in [3.05, 3.63) is 36.0 Å². The van der Waals surface area contributed by atoms with Crippen LogP contribution >= 0.6 is 0 Å². The second-order valence-corrected chi connectivity index (χ2v) is 6.63. The number of aromatic nitrogens is 2. The summed E-state index contributed by atoms with van der Waals surface area (Å²) in [4.78, 5) is 12.5. The van der Waals surface area contributed by atoms with Crippen LogP contribution in [0.1, 0.15) is 36.7 Å². The first-order valence-electron chi connectivity index (χ1n) is 8.17. The molecule has 1 aliphatic carbocycles. The predicted molar refractivity (Wildman–Crippen MR) is 90.9 cm³/mol. The van der Waals surface area contributed by atoms with E-state index >= 15 is 0 Å². The molecule has 1 aromatic carbocycles. The molecule has 128 valence electrons. The number of nitrogens with zero attached hydrogens (tertiary/aromatic N) is 1. The van der Waals surface area contributed by atoms with Crippen molar-refractivity contribution < 1.29 is 14.6 Å². The third kappa shape index (κ3) is 3.14. The average molecular weight is 329 g/mol. The molecule has 0 spiro atoms. The van der Waals surface area contributed by atoms with Crippen molar-refractivity contribution in [2.45, 2.75) is 32.2 Å². The van der Waals surface area contributed by atoms with E-state index in [1.807, 2.05) is 31.2 Å². The van der Waals surface area contributed by atoms with Crippen molar-refractivity contribution >= 4 is 5.91 Å².